The topological polar surface area (TPSA) is 118 Å². The molecule has 44 heavy (non-hydrogen) atoms. The van der Waals surface area contributed by atoms with Crippen molar-refractivity contribution in [1.29, 1.82) is 5.26 Å². The van der Waals surface area contributed by atoms with Crippen molar-refractivity contribution < 1.29 is 13.6 Å². The first-order chi connectivity index (χ1) is 21.5. The van der Waals surface area contributed by atoms with Crippen LogP contribution in [0.5, 0.6) is 0 Å². The molecular weight excluding hydrogens is 564 g/mol. The van der Waals surface area contributed by atoms with Gasteiger partial charge in [0.1, 0.15) is 11.6 Å². The van der Waals surface area contributed by atoms with Crippen LogP contribution in [0.1, 0.15) is 42.1 Å². The number of carbonyl (C=O) groups is 1. The average molecular weight is 594 g/mol. The van der Waals surface area contributed by atoms with Gasteiger partial charge in [-0.05, 0) is 67.6 Å². The molecule has 2 aromatic carbocycles. The molecule has 1 aliphatic heterocycles. The number of nitrogens with one attached hydrogen (secondary N) is 1. The molecule has 1 atom stereocenters. The van der Waals surface area contributed by atoms with Crippen molar-refractivity contribution in [3.63, 3.8) is 0 Å². The first-order valence-corrected chi connectivity index (χ1v) is 14.3. The number of carbonyl (C=O) groups excluding carboxylic acids is 1. The van der Waals surface area contributed by atoms with E-state index >= 15 is 0 Å². The third kappa shape index (κ3) is 6.47. The Morgan fingerprint density at radius 1 is 1.09 bits per heavy atom. The van der Waals surface area contributed by atoms with Gasteiger partial charge in [0.25, 0.3) is 5.91 Å². The largest absolute Gasteiger partial charge is 0.339 e. The summed E-state index contributed by atoms with van der Waals surface area (Å²) in [6.07, 6.45) is 13.1. The van der Waals surface area contributed by atoms with E-state index in [1.165, 1.54) is 6.07 Å². The van der Waals surface area contributed by atoms with Crippen molar-refractivity contribution in [1.82, 2.24) is 34.2 Å². The Labute approximate surface area is 252 Å². The minimum absolute atomic E-state index is 0.122. The lowest BCUT2D eigenvalue weighted by atomic mass is 9.89. The second kappa shape index (κ2) is 12.8. The third-order valence-corrected chi connectivity index (χ3v) is 7.85. The van der Waals surface area contributed by atoms with Gasteiger partial charge in [-0.3, -0.25) is 9.48 Å². The van der Waals surface area contributed by atoms with Crippen LogP contribution < -0.4 is 5.32 Å². The molecule has 5 aromatic rings. The van der Waals surface area contributed by atoms with E-state index in [2.05, 4.69) is 31.4 Å². The number of hydrogen-bond donors (Lipinski definition) is 1. The summed E-state index contributed by atoms with van der Waals surface area (Å²) in [6.45, 7) is 0.930. The third-order valence-electron chi connectivity index (χ3n) is 7.85. The molecule has 3 aromatic heterocycles. The number of piperidine rings is 1. The monoisotopic (exact) mass is 593 g/mol. The summed E-state index contributed by atoms with van der Waals surface area (Å²) in [6, 6.07) is 14.8. The Morgan fingerprint density at radius 2 is 1.91 bits per heavy atom. The van der Waals surface area contributed by atoms with Gasteiger partial charge in [0, 0.05) is 60.9 Å². The lowest BCUT2D eigenvalue weighted by Crippen LogP contribution is -2.39. The SMILES string of the molecule is N#CCC(CC1CCN(C(=O)c2ccc(F)cc2F)CC1)n1cc(-c2ccnc(Nc3ccc(-n4ccnc4)cc3)n2)cn1. The molecule has 1 unspecified atom stereocenters. The van der Waals surface area contributed by atoms with Crippen LogP contribution in [0.4, 0.5) is 20.4 Å². The summed E-state index contributed by atoms with van der Waals surface area (Å²) in [4.78, 5) is 27.5. The lowest BCUT2D eigenvalue weighted by Gasteiger charge is -2.33. The highest BCUT2D eigenvalue weighted by Crippen LogP contribution is 2.30. The fourth-order valence-electron chi connectivity index (χ4n) is 5.49. The number of nitriles is 1. The molecule has 1 aliphatic rings. The van der Waals surface area contributed by atoms with Crippen molar-refractivity contribution in [3.05, 3.63) is 103 Å². The van der Waals surface area contributed by atoms with E-state index in [4.69, 9.17) is 0 Å². The Balaban J connectivity index is 1.08. The van der Waals surface area contributed by atoms with Gasteiger partial charge in [-0.1, -0.05) is 0 Å². The number of likely N-dealkylation sites (tertiary alicyclic amines) is 1. The van der Waals surface area contributed by atoms with Crippen LogP contribution in [0.2, 0.25) is 0 Å². The van der Waals surface area contributed by atoms with Crippen molar-refractivity contribution >= 4 is 17.5 Å². The van der Waals surface area contributed by atoms with Gasteiger partial charge in [0.05, 0.1) is 42.3 Å². The molecule has 1 saturated heterocycles. The summed E-state index contributed by atoms with van der Waals surface area (Å²) in [5.74, 6) is -1.30. The van der Waals surface area contributed by atoms with E-state index in [0.29, 0.717) is 31.2 Å². The standard InChI is InChI=1S/C32H29F2N9O/c33-24-1-6-28(29(34)18-24)31(44)41-14-9-22(10-15-41)17-27(7-11-35)43-20-23(19-38-43)30-8-12-37-32(40-30)39-25-2-4-26(5-3-25)42-16-13-36-21-42/h1-6,8,12-13,16,18-22,27H,7,9-10,14-15,17H2,(H,37,39,40). The molecule has 1 N–H and O–H groups in total. The Hall–Kier alpha value is -5.44. The zero-order chi connectivity index (χ0) is 30.5. The number of aromatic nitrogens is 6. The van der Waals surface area contributed by atoms with E-state index in [1.807, 2.05) is 52.0 Å². The van der Waals surface area contributed by atoms with Gasteiger partial charge in [0.2, 0.25) is 5.95 Å². The fraction of sp³-hybridized carbons (Fsp3) is 0.250. The van der Waals surface area contributed by atoms with E-state index in [-0.39, 0.29) is 23.9 Å². The van der Waals surface area contributed by atoms with Crippen LogP contribution in [0.25, 0.3) is 16.9 Å². The van der Waals surface area contributed by atoms with E-state index < -0.39 is 17.5 Å². The molecule has 10 nitrogen and oxygen atoms in total. The lowest BCUT2D eigenvalue weighted by molar-refractivity contribution is 0.0674. The second-order valence-electron chi connectivity index (χ2n) is 10.7. The van der Waals surface area contributed by atoms with E-state index in [0.717, 1.165) is 41.9 Å². The van der Waals surface area contributed by atoms with Gasteiger partial charge in [-0.25, -0.2) is 23.7 Å². The molecule has 0 bridgehead atoms. The Morgan fingerprint density at radius 3 is 2.64 bits per heavy atom. The average Bonchev–Trinajstić information content (AvgIpc) is 3.75. The van der Waals surface area contributed by atoms with Gasteiger partial charge >= 0.3 is 0 Å². The molecule has 0 saturated carbocycles. The van der Waals surface area contributed by atoms with Crippen molar-refractivity contribution in [2.45, 2.75) is 31.7 Å². The molecule has 0 radical (unpaired) electrons. The maximum absolute atomic E-state index is 14.1. The van der Waals surface area contributed by atoms with Gasteiger partial charge in [-0.2, -0.15) is 10.4 Å². The molecule has 6 rings (SSSR count). The maximum Gasteiger partial charge on any atom is 0.256 e. The maximum atomic E-state index is 14.1. The molecular formula is C32H29F2N9O. The van der Waals surface area contributed by atoms with Crippen LogP contribution in [0.15, 0.2) is 85.8 Å². The molecule has 4 heterocycles. The van der Waals surface area contributed by atoms with Gasteiger partial charge in [0.15, 0.2) is 0 Å². The zero-order valence-corrected chi connectivity index (χ0v) is 23.7. The van der Waals surface area contributed by atoms with Gasteiger partial charge < -0.3 is 14.8 Å². The van der Waals surface area contributed by atoms with Gasteiger partial charge in [-0.15, -0.1) is 0 Å². The first kappa shape index (κ1) is 28.7. The molecule has 0 aliphatic carbocycles. The van der Waals surface area contributed by atoms with Crippen LogP contribution in [-0.2, 0) is 0 Å². The minimum Gasteiger partial charge on any atom is -0.339 e. The van der Waals surface area contributed by atoms with Crippen molar-refractivity contribution in [3.8, 4) is 23.0 Å². The predicted molar refractivity (Wildman–Crippen MR) is 159 cm³/mol. The predicted octanol–water partition coefficient (Wildman–Crippen LogP) is 5.94. The number of imidazole rings is 1. The summed E-state index contributed by atoms with van der Waals surface area (Å²) in [5, 5.41) is 17.3. The van der Waals surface area contributed by atoms with Crippen molar-refractivity contribution in [2.75, 3.05) is 18.4 Å². The van der Waals surface area contributed by atoms with Crippen LogP contribution >= 0.6 is 0 Å². The zero-order valence-electron chi connectivity index (χ0n) is 23.7. The molecule has 12 heteroatoms. The molecule has 0 spiro atoms. The summed E-state index contributed by atoms with van der Waals surface area (Å²) in [7, 11) is 0. The highest BCUT2D eigenvalue weighted by atomic mass is 19.1. The smallest absolute Gasteiger partial charge is 0.256 e. The van der Waals surface area contributed by atoms with E-state index in [9.17, 15) is 18.8 Å². The summed E-state index contributed by atoms with van der Waals surface area (Å²) >= 11 is 0. The van der Waals surface area contributed by atoms with Crippen LogP contribution in [0.3, 0.4) is 0 Å². The Kier molecular flexibility index (Phi) is 8.36. The summed E-state index contributed by atoms with van der Waals surface area (Å²) < 4.78 is 31.1. The van der Waals surface area contributed by atoms with Crippen LogP contribution in [0, 0.1) is 28.9 Å². The number of rotatable bonds is 9. The van der Waals surface area contributed by atoms with Crippen molar-refractivity contribution in [2.24, 2.45) is 5.92 Å². The molecule has 1 fully saturated rings. The second-order valence-corrected chi connectivity index (χ2v) is 10.7. The quantitative estimate of drug-likeness (QED) is 0.225. The highest BCUT2D eigenvalue weighted by Gasteiger charge is 2.28. The highest BCUT2D eigenvalue weighted by molar-refractivity contribution is 5.94. The molecule has 222 valence electrons. The Bertz CT molecular complexity index is 1770. The first-order valence-electron chi connectivity index (χ1n) is 14.3. The number of benzene rings is 2. The van der Waals surface area contributed by atoms with E-state index in [1.54, 1.807) is 29.8 Å². The molecule has 1 amide bonds. The van der Waals surface area contributed by atoms with Crippen LogP contribution in [-0.4, -0.2) is 53.2 Å². The number of hydrogen-bond acceptors (Lipinski definition) is 7. The number of anilines is 2. The summed E-state index contributed by atoms with van der Waals surface area (Å²) in [5.41, 5.74) is 3.20. The minimum atomic E-state index is -0.854. The number of nitrogens with zero attached hydrogens (tertiary/aromatic N) is 8. The number of halogens is 2. The fourth-order valence-corrected chi connectivity index (χ4v) is 5.49. The normalized spacial score (nSPS) is 14.2. The number of amides is 1.